The SMILES string of the molecule is CN1CCN(c2nc3c(F)c(F)c(C(F)(F)F)cc3c3cncnc23)CC1. The smallest absolute Gasteiger partial charge is 0.352 e. The fourth-order valence-electron chi connectivity index (χ4n) is 3.24. The lowest BCUT2D eigenvalue weighted by atomic mass is 10.1. The molecule has 0 saturated carbocycles. The number of fused-ring (bicyclic) bond motifs is 3. The van der Waals surface area contributed by atoms with Crippen molar-refractivity contribution in [1.29, 1.82) is 0 Å². The molecule has 10 heteroatoms. The number of hydrogen-bond donors (Lipinski definition) is 0. The van der Waals surface area contributed by atoms with Crippen molar-refractivity contribution in [2.75, 3.05) is 38.1 Å². The zero-order valence-electron chi connectivity index (χ0n) is 14.2. The Morgan fingerprint density at radius 1 is 0.963 bits per heavy atom. The van der Waals surface area contributed by atoms with E-state index in [1.165, 1.54) is 12.5 Å². The van der Waals surface area contributed by atoms with E-state index in [2.05, 4.69) is 19.9 Å². The van der Waals surface area contributed by atoms with Gasteiger partial charge in [-0.2, -0.15) is 13.2 Å². The van der Waals surface area contributed by atoms with Gasteiger partial charge in [0.05, 0.1) is 5.56 Å². The fourth-order valence-corrected chi connectivity index (χ4v) is 3.24. The van der Waals surface area contributed by atoms with Crippen LogP contribution in [0.3, 0.4) is 0 Å². The van der Waals surface area contributed by atoms with E-state index in [4.69, 9.17) is 0 Å². The van der Waals surface area contributed by atoms with Crippen molar-refractivity contribution in [3.63, 3.8) is 0 Å². The van der Waals surface area contributed by atoms with Crippen LogP contribution in [0.1, 0.15) is 5.56 Å². The van der Waals surface area contributed by atoms with Gasteiger partial charge < -0.3 is 9.80 Å². The molecule has 0 bridgehead atoms. The van der Waals surface area contributed by atoms with Crippen LogP contribution in [0.4, 0.5) is 27.8 Å². The minimum Gasteiger partial charge on any atom is -0.352 e. The molecular formula is C17H14F5N5. The number of nitrogens with zero attached hydrogens (tertiary/aromatic N) is 5. The van der Waals surface area contributed by atoms with E-state index in [0.717, 1.165) is 13.1 Å². The average Bonchev–Trinajstić information content (AvgIpc) is 2.63. The van der Waals surface area contributed by atoms with Crippen molar-refractivity contribution in [2.45, 2.75) is 6.18 Å². The number of pyridine rings is 1. The van der Waals surface area contributed by atoms with Gasteiger partial charge in [-0.15, -0.1) is 0 Å². The van der Waals surface area contributed by atoms with Gasteiger partial charge in [-0.3, -0.25) is 0 Å². The standard InChI is InChI=1S/C17H14F5N5/c1-26-2-4-27(5-3-26)16-15-10(7-23-8-24-15)9-6-11(17(20,21)22)12(18)13(19)14(9)25-16/h6-8H,2-5H2,1H3. The summed E-state index contributed by atoms with van der Waals surface area (Å²) in [7, 11) is 1.96. The first-order valence-corrected chi connectivity index (χ1v) is 8.19. The van der Waals surface area contributed by atoms with E-state index >= 15 is 0 Å². The van der Waals surface area contributed by atoms with Gasteiger partial charge in [-0.1, -0.05) is 0 Å². The Morgan fingerprint density at radius 3 is 2.33 bits per heavy atom. The third-order valence-electron chi connectivity index (χ3n) is 4.72. The minimum atomic E-state index is -5.03. The number of piperazine rings is 1. The quantitative estimate of drug-likeness (QED) is 0.477. The first-order valence-electron chi connectivity index (χ1n) is 8.19. The molecule has 3 aromatic rings. The maximum absolute atomic E-state index is 14.5. The van der Waals surface area contributed by atoms with Gasteiger partial charge in [0.15, 0.2) is 17.5 Å². The number of benzene rings is 1. The number of aromatic nitrogens is 3. The van der Waals surface area contributed by atoms with E-state index < -0.39 is 28.9 Å². The first-order chi connectivity index (χ1) is 12.8. The molecule has 0 amide bonds. The molecular weight excluding hydrogens is 369 g/mol. The van der Waals surface area contributed by atoms with Crippen molar-refractivity contribution < 1.29 is 22.0 Å². The molecule has 0 spiro atoms. The molecule has 1 saturated heterocycles. The van der Waals surface area contributed by atoms with Gasteiger partial charge in [0.25, 0.3) is 0 Å². The summed E-state index contributed by atoms with van der Waals surface area (Å²) < 4.78 is 67.9. The van der Waals surface area contributed by atoms with Crippen LogP contribution in [-0.2, 0) is 6.18 Å². The van der Waals surface area contributed by atoms with Crippen LogP contribution < -0.4 is 4.90 Å². The molecule has 1 aliphatic heterocycles. The highest BCUT2D eigenvalue weighted by molar-refractivity contribution is 6.08. The Labute approximate surface area is 150 Å². The van der Waals surface area contributed by atoms with Gasteiger partial charge in [0.2, 0.25) is 0 Å². The predicted octanol–water partition coefficient (Wildman–Crippen LogP) is 3.23. The molecule has 2 aromatic heterocycles. The second-order valence-corrected chi connectivity index (χ2v) is 6.46. The van der Waals surface area contributed by atoms with E-state index in [0.29, 0.717) is 30.5 Å². The Balaban J connectivity index is 2.03. The van der Waals surface area contributed by atoms with Gasteiger partial charge >= 0.3 is 6.18 Å². The number of likely N-dealkylation sites (N-methyl/N-ethyl adjacent to an activating group) is 1. The van der Waals surface area contributed by atoms with Gasteiger partial charge in [-0.25, -0.2) is 23.7 Å². The van der Waals surface area contributed by atoms with E-state index in [-0.39, 0.29) is 10.8 Å². The van der Waals surface area contributed by atoms with Gasteiger partial charge in [0.1, 0.15) is 17.4 Å². The average molecular weight is 383 g/mol. The molecule has 1 fully saturated rings. The number of rotatable bonds is 1. The first kappa shape index (κ1) is 17.8. The lowest BCUT2D eigenvalue weighted by Gasteiger charge is -2.33. The van der Waals surface area contributed by atoms with Crippen molar-refractivity contribution in [3.8, 4) is 0 Å². The summed E-state index contributed by atoms with van der Waals surface area (Å²) in [5, 5.41) is 0.0236. The van der Waals surface area contributed by atoms with E-state index in [1.54, 1.807) is 0 Å². The second kappa shape index (κ2) is 6.22. The van der Waals surface area contributed by atoms with Crippen molar-refractivity contribution in [2.24, 2.45) is 0 Å². The van der Waals surface area contributed by atoms with Crippen LogP contribution in [0.15, 0.2) is 18.6 Å². The van der Waals surface area contributed by atoms with E-state index in [9.17, 15) is 22.0 Å². The van der Waals surface area contributed by atoms with Crippen LogP contribution >= 0.6 is 0 Å². The van der Waals surface area contributed by atoms with Crippen molar-refractivity contribution in [1.82, 2.24) is 19.9 Å². The molecule has 142 valence electrons. The number of alkyl halides is 3. The lowest BCUT2D eigenvalue weighted by Crippen LogP contribution is -2.45. The van der Waals surface area contributed by atoms with Crippen LogP contribution in [0.5, 0.6) is 0 Å². The Hall–Kier alpha value is -2.62. The number of anilines is 1. The third-order valence-corrected chi connectivity index (χ3v) is 4.72. The summed E-state index contributed by atoms with van der Waals surface area (Å²) in [5.74, 6) is -3.27. The monoisotopic (exact) mass is 383 g/mol. The Bertz CT molecular complexity index is 1030. The number of hydrogen-bond acceptors (Lipinski definition) is 5. The molecule has 0 atom stereocenters. The molecule has 0 unspecified atom stereocenters. The molecule has 5 nitrogen and oxygen atoms in total. The molecule has 4 rings (SSSR count). The van der Waals surface area contributed by atoms with Crippen molar-refractivity contribution in [3.05, 3.63) is 35.8 Å². The van der Waals surface area contributed by atoms with Crippen LogP contribution in [0.25, 0.3) is 21.8 Å². The Kier molecular flexibility index (Phi) is 4.10. The van der Waals surface area contributed by atoms with Crippen molar-refractivity contribution >= 4 is 27.6 Å². The molecule has 1 aromatic carbocycles. The summed E-state index contributed by atoms with van der Waals surface area (Å²) in [4.78, 5) is 16.1. The summed E-state index contributed by atoms with van der Waals surface area (Å²) in [6, 6.07) is 0.570. The highest BCUT2D eigenvalue weighted by Gasteiger charge is 2.37. The highest BCUT2D eigenvalue weighted by atomic mass is 19.4. The number of halogens is 5. The predicted molar refractivity (Wildman–Crippen MR) is 89.5 cm³/mol. The summed E-state index contributed by atoms with van der Waals surface area (Å²) in [6.45, 7) is 2.63. The lowest BCUT2D eigenvalue weighted by molar-refractivity contribution is -0.140. The second-order valence-electron chi connectivity index (χ2n) is 6.46. The van der Waals surface area contributed by atoms with Crippen LogP contribution in [0, 0.1) is 11.6 Å². The largest absolute Gasteiger partial charge is 0.419 e. The Morgan fingerprint density at radius 2 is 1.67 bits per heavy atom. The summed E-state index contributed by atoms with van der Waals surface area (Å²) >= 11 is 0. The fraction of sp³-hybridized carbons (Fsp3) is 0.353. The molecule has 0 radical (unpaired) electrons. The summed E-state index contributed by atoms with van der Waals surface area (Å²) in [6.07, 6.45) is -2.49. The summed E-state index contributed by atoms with van der Waals surface area (Å²) in [5.41, 5.74) is -1.83. The highest BCUT2D eigenvalue weighted by Crippen LogP contribution is 2.38. The molecule has 0 N–H and O–H groups in total. The molecule has 27 heavy (non-hydrogen) atoms. The minimum absolute atomic E-state index is 0.172. The zero-order chi connectivity index (χ0) is 19.3. The van der Waals surface area contributed by atoms with Gasteiger partial charge in [0, 0.05) is 43.1 Å². The van der Waals surface area contributed by atoms with E-state index in [1.807, 2.05) is 11.9 Å². The van der Waals surface area contributed by atoms with Crippen LogP contribution in [-0.4, -0.2) is 53.1 Å². The maximum atomic E-state index is 14.5. The molecule has 0 aliphatic carbocycles. The maximum Gasteiger partial charge on any atom is 0.419 e. The topological polar surface area (TPSA) is 45.2 Å². The van der Waals surface area contributed by atoms with Gasteiger partial charge in [-0.05, 0) is 13.1 Å². The molecule has 1 aliphatic rings. The molecule has 3 heterocycles. The third kappa shape index (κ3) is 2.93. The normalized spacial score (nSPS) is 16.4. The zero-order valence-corrected chi connectivity index (χ0v) is 14.2. The van der Waals surface area contributed by atoms with Crippen LogP contribution in [0.2, 0.25) is 0 Å².